The average molecular weight is 217 g/mol. The molecule has 0 aliphatic rings. The third-order valence-corrected chi connectivity index (χ3v) is 2.14. The van der Waals surface area contributed by atoms with Gasteiger partial charge in [-0.15, -0.1) is 16.7 Å². The van der Waals surface area contributed by atoms with Crippen molar-refractivity contribution in [2.24, 2.45) is 7.05 Å². The molecular formula is C9H17ClN4. The fourth-order valence-corrected chi connectivity index (χ4v) is 1.59. The second-order valence-electron chi connectivity index (χ2n) is 3.68. The van der Waals surface area contributed by atoms with E-state index in [1.807, 2.05) is 20.2 Å². The van der Waals surface area contributed by atoms with Gasteiger partial charge in [-0.25, -0.2) is 0 Å². The Labute approximate surface area is 89.6 Å². The van der Waals surface area contributed by atoms with Gasteiger partial charge in [0, 0.05) is 31.2 Å². The second kappa shape index (κ2) is 5.32. The minimum absolute atomic E-state index is 0.208. The van der Waals surface area contributed by atoms with Crippen LogP contribution in [0.4, 0.5) is 0 Å². The van der Waals surface area contributed by atoms with E-state index in [0.717, 1.165) is 18.7 Å². The molecule has 0 radical (unpaired) electrons. The van der Waals surface area contributed by atoms with Gasteiger partial charge in [0.25, 0.3) is 0 Å². The third-order valence-electron chi connectivity index (χ3n) is 1.96. The van der Waals surface area contributed by atoms with Gasteiger partial charge in [0.2, 0.25) is 0 Å². The fourth-order valence-electron chi connectivity index (χ4n) is 1.33. The van der Waals surface area contributed by atoms with Crippen LogP contribution in [0.15, 0.2) is 6.20 Å². The summed E-state index contributed by atoms with van der Waals surface area (Å²) in [6, 6.07) is 0.407. The molecule has 14 heavy (non-hydrogen) atoms. The summed E-state index contributed by atoms with van der Waals surface area (Å²) < 4.78 is 1.70. The van der Waals surface area contributed by atoms with Crippen LogP contribution in [-0.4, -0.2) is 26.4 Å². The smallest absolute Gasteiger partial charge is 0.0964 e. The zero-order valence-corrected chi connectivity index (χ0v) is 9.62. The first-order valence-corrected chi connectivity index (χ1v) is 5.24. The van der Waals surface area contributed by atoms with E-state index in [9.17, 15) is 0 Å². The molecule has 0 saturated carbocycles. The lowest BCUT2D eigenvalue weighted by Gasteiger charge is -2.13. The van der Waals surface area contributed by atoms with Crippen molar-refractivity contribution in [3.63, 3.8) is 0 Å². The van der Waals surface area contributed by atoms with E-state index in [1.165, 1.54) is 0 Å². The number of nitrogens with zero attached hydrogens (tertiary/aromatic N) is 3. The number of nitrogens with one attached hydrogen (secondary N) is 1. The van der Waals surface area contributed by atoms with Crippen LogP contribution in [0.3, 0.4) is 0 Å². The van der Waals surface area contributed by atoms with Crippen LogP contribution in [-0.2, 0) is 13.6 Å². The predicted octanol–water partition coefficient (Wildman–Crippen LogP) is 1.31. The molecule has 1 aromatic rings. The molecule has 2 atom stereocenters. The number of hydrogen-bond donors (Lipinski definition) is 1. The van der Waals surface area contributed by atoms with Crippen molar-refractivity contribution in [2.45, 2.75) is 38.2 Å². The molecule has 1 N–H and O–H groups in total. The van der Waals surface area contributed by atoms with Crippen molar-refractivity contribution in [3.05, 3.63) is 11.9 Å². The quantitative estimate of drug-likeness (QED) is 0.755. The van der Waals surface area contributed by atoms with Gasteiger partial charge in [-0.3, -0.25) is 4.68 Å². The molecule has 0 fully saturated rings. The van der Waals surface area contributed by atoms with E-state index < -0.39 is 0 Å². The average Bonchev–Trinajstić information content (AvgIpc) is 2.47. The maximum absolute atomic E-state index is 5.89. The Kier molecular flexibility index (Phi) is 4.35. The van der Waals surface area contributed by atoms with Crippen LogP contribution in [0.5, 0.6) is 0 Å². The van der Waals surface area contributed by atoms with Gasteiger partial charge < -0.3 is 5.32 Å². The van der Waals surface area contributed by atoms with Gasteiger partial charge in [-0.05, 0) is 20.3 Å². The Morgan fingerprint density at radius 1 is 1.57 bits per heavy atom. The molecule has 0 aromatic carbocycles. The van der Waals surface area contributed by atoms with Gasteiger partial charge in [0.1, 0.15) is 0 Å². The molecule has 0 amide bonds. The number of aromatic nitrogens is 3. The molecule has 80 valence electrons. The van der Waals surface area contributed by atoms with E-state index in [-0.39, 0.29) is 5.38 Å². The van der Waals surface area contributed by atoms with E-state index in [0.29, 0.717) is 6.04 Å². The van der Waals surface area contributed by atoms with Gasteiger partial charge in [0.15, 0.2) is 0 Å². The third kappa shape index (κ3) is 4.07. The molecule has 0 aliphatic carbocycles. The Morgan fingerprint density at radius 2 is 2.29 bits per heavy atom. The number of halogens is 1. The maximum atomic E-state index is 5.89. The van der Waals surface area contributed by atoms with Crippen LogP contribution in [0, 0.1) is 0 Å². The summed E-state index contributed by atoms with van der Waals surface area (Å²) in [4.78, 5) is 0. The minimum atomic E-state index is 0.208. The highest BCUT2D eigenvalue weighted by atomic mass is 35.5. The van der Waals surface area contributed by atoms with Crippen molar-refractivity contribution >= 4 is 11.6 Å². The van der Waals surface area contributed by atoms with Crippen LogP contribution in [0.25, 0.3) is 0 Å². The molecule has 0 aliphatic heterocycles. The maximum Gasteiger partial charge on any atom is 0.0964 e. The van der Waals surface area contributed by atoms with Crippen LogP contribution >= 0.6 is 11.6 Å². The van der Waals surface area contributed by atoms with E-state index >= 15 is 0 Å². The number of hydrogen-bond acceptors (Lipinski definition) is 3. The fraction of sp³-hybridized carbons (Fsp3) is 0.778. The molecule has 0 spiro atoms. The molecule has 1 heterocycles. The van der Waals surface area contributed by atoms with Crippen molar-refractivity contribution in [2.75, 3.05) is 0 Å². The predicted molar refractivity (Wildman–Crippen MR) is 57.2 cm³/mol. The van der Waals surface area contributed by atoms with Gasteiger partial charge in [0.05, 0.1) is 5.69 Å². The molecule has 0 saturated heterocycles. The van der Waals surface area contributed by atoms with Crippen molar-refractivity contribution < 1.29 is 0 Å². The molecule has 2 unspecified atom stereocenters. The first-order chi connectivity index (χ1) is 6.58. The number of rotatable bonds is 5. The zero-order chi connectivity index (χ0) is 10.6. The van der Waals surface area contributed by atoms with Gasteiger partial charge in [-0.2, -0.15) is 0 Å². The molecular weight excluding hydrogens is 200 g/mol. The highest BCUT2D eigenvalue weighted by Gasteiger charge is 2.06. The zero-order valence-electron chi connectivity index (χ0n) is 8.87. The molecule has 4 nitrogen and oxygen atoms in total. The van der Waals surface area contributed by atoms with E-state index in [4.69, 9.17) is 11.6 Å². The normalized spacial score (nSPS) is 15.4. The lowest BCUT2D eigenvalue weighted by Crippen LogP contribution is -2.27. The second-order valence-corrected chi connectivity index (χ2v) is 4.43. The largest absolute Gasteiger partial charge is 0.308 e. The molecule has 5 heteroatoms. The lowest BCUT2D eigenvalue weighted by molar-refractivity contribution is 0.507. The highest BCUT2D eigenvalue weighted by molar-refractivity contribution is 6.20. The molecule has 1 aromatic heterocycles. The Hall–Kier alpha value is -0.610. The lowest BCUT2D eigenvalue weighted by atomic mass is 10.2. The minimum Gasteiger partial charge on any atom is -0.308 e. The summed E-state index contributed by atoms with van der Waals surface area (Å²) in [6.45, 7) is 4.87. The summed E-state index contributed by atoms with van der Waals surface area (Å²) >= 11 is 5.89. The summed E-state index contributed by atoms with van der Waals surface area (Å²) in [5.74, 6) is 0. The summed E-state index contributed by atoms with van der Waals surface area (Å²) in [7, 11) is 1.86. The van der Waals surface area contributed by atoms with Gasteiger partial charge in [-0.1, -0.05) is 5.21 Å². The van der Waals surface area contributed by atoms with Crippen molar-refractivity contribution in [1.29, 1.82) is 0 Å². The molecule has 0 bridgehead atoms. The van der Waals surface area contributed by atoms with Crippen LogP contribution < -0.4 is 5.32 Å². The topological polar surface area (TPSA) is 42.7 Å². The Bertz CT molecular complexity index is 272. The number of aryl methyl sites for hydroxylation is 1. The summed E-state index contributed by atoms with van der Waals surface area (Å²) in [5.41, 5.74) is 0.960. The number of alkyl halides is 1. The summed E-state index contributed by atoms with van der Waals surface area (Å²) in [5, 5.41) is 11.4. The first kappa shape index (κ1) is 11.5. The Balaban J connectivity index is 2.26. The first-order valence-electron chi connectivity index (χ1n) is 4.80. The SMILES string of the molecule is CC(Cl)CC(C)NCc1cn(C)nn1. The van der Waals surface area contributed by atoms with E-state index in [1.54, 1.807) is 4.68 Å². The monoisotopic (exact) mass is 216 g/mol. The summed E-state index contributed by atoms with van der Waals surface area (Å²) in [6.07, 6.45) is 2.87. The standard InChI is InChI=1S/C9H17ClN4/c1-7(10)4-8(2)11-5-9-6-14(3)13-12-9/h6-8,11H,4-5H2,1-3H3. The van der Waals surface area contributed by atoms with Crippen LogP contribution in [0.2, 0.25) is 0 Å². The Morgan fingerprint density at radius 3 is 2.79 bits per heavy atom. The highest BCUT2D eigenvalue weighted by Crippen LogP contribution is 2.04. The van der Waals surface area contributed by atoms with Gasteiger partial charge >= 0.3 is 0 Å². The van der Waals surface area contributed by atoms with Crippen LogP contribution in [0.1, 0.15) is 26.0 Å². The van der Waals surface area contributed by atoms with Crippen molar-refractivity contribution in [3.8, 4) is 0 Å². The molecule has 1 rings (SSSR count). The van der Waals surface area contributed by atoms with Crippen molar-refractivity contribution in [1.82, 2.24) is 20.3 Å². The van der Waals surface area contributed by atoms with E-state index in [2.05, 4.69) is 22.6 Å².